The molecule has 0 saturated heterocycles. The number of hydrogen-bond donors (Lipinski definition) is 2. The van der Waals surface area contributed by atoms with Crippen LogP contribution in [0.25, 0.3) is 11.2 Å². The molecular formula is C23H23BrN5O6P. The number of Topliss-reactive ketones (excluding diaryl/α,β-unsaturated/α-hetero) is 1. The number of benzene rings is 2. The highest BCUT2D eigenvalue weighted by atomic mass is 79.9. The average molecular weight is 576 g/mol. The molecule has 1 atom stereocenters. The van der Waals surface area contributed by atoms with Gasteiger partial charge in [0.05, 0.1) is 19.5 Å². The van der Waals surface area contributed by atoms with Gasteiger partial charge in [0, 0.05) is 16.6 Å². The molecule has 2 heterocycles. The Kier molecular flexibility index (Phi) is 8.44. The number of carbonyl (C=O) groups is 1. The van der Waals surface area contributed by atoms with Crippen LogP contribution in [0.2, 0.25) is 0 Å². The van der Waals surface area contributed by atoms with Crippen molar-refractivity contribution in [2.24, 2.45) is 0 Å². The Labute approximate surface area is 214 Å². The number of ketones is 1. The van der Waals surface area contributed by atoms with Crippen molar-refractivity contribution in [3.05, 3.63) is 86.9 Å². The number of nitrogens with zero attached hydrogens (tertiary/aromatic N) is 3. The fourth-order valence-electron chi connectivity index (χ4n) is 3.25. The number of aromatic nitrogens is 4. The number of rotatable bonds is 12. The number of nitrogens with two attached hydrogens (primary N) is 1. The second-order valence-corrected chi connectivity index (χ2v) is 10.6. The molecule has 3 N–H and O–H groups in total. The van der Waals surface area contributed by atoms with Gasteiger partial charge in [-0.25, -0.2) is 4.98 Å². The summed E-state index contributed by atoms with van der Waals surface area (Å²) in [4.78, 5) is 34.9. The number of halogens is 1. The summed E-state index contributed by atoms with van der Waals surface area (Å²) < 4.78 is 32.6. The third-order valence-electron chi connectivity index (χ3n) is 5.02. The zero-order chi connectivity index (χ0) is 25.5. The number of carbonyl (C=O) groups excluding carboxylic acids is 1. The number of nitrogen functional groups attached to an aromatic ring is 1. The van der Waals surface area contributed by atoms with Crippen molar-refractivity contribution in [2.75, 3.05) is 25.3 Å². The van der Waals surface area contributed by atoms with Crippen molar-refractivity contribution < 1.29 is 23.1 Å². The second-order valence-electron chi connectivity index (χ2n) is 7.68. The number of H-pyrrole nitrogens is 1. The topological polar surface area (TPSA) is 151 Å². The minimum Gasteiger partial charge on any atom is -0.369 e. The Balaban J connectivity index is 1.39. The van der Waals surface area contributed by atoms with Crippen LogP contribution in [0.1, 0.15) is 15.9 Å². The van der Waals surface area contributed by atoms with E-state index in [9.17, 15) is 14.2 Å². The number of aromatic amines is 1. The van der Waals surface area contributed by atoms with Gasteiger partial charge in [0.2, 0.25) is 5.95 Å². The Bertz CT molecular complexity index is 1460. The summed E-state index contributed by atoms with van der Waals surface area (Å²) in [5.41, 5.74) is 6.82. The highest BCUT2D eigenvalue weighted by Crippen LogP contribution is 2.49. The SMILES string of the molecule is Nc1nc2c(ncn2CCOCP(=O)(OCC(=O)c2ccccc2)OCc2cccc(Br)c2)c(=O)[nH]1. The van der Waals surface area contributed by atoms with Gasteiger partial charge in [-0.1, -0.05) is 58.4 Å². The molecule has 1 unspecified atom stereocenters. The first-order valence-corrected chi connectivity index (χ1v) is 13.3. The first-order chi connectivity index (χ1) is 17.3. The molecule has 0 amide bonds. The number of hydrogen-bond acceptors (Lipinski definition) is 9. The van der Waals surface area contributed by atoms with E-state index in [-0.39, 0.29) is 43.4 Å². The van der Waals surface area contributed by atoms with E-state index in [0.29, 0.717) is 11.2 Å². The molecule has 11 nitrogen and oxygen atoms in total. The molecule has 0 aliphatic heterocycles. The van der Waals surface area contributed by atoms with E-state index in [0.717, 1.165) is 10.0 Å². The van der Waals surface area contributed by atoms with Gasteiger partial charge in [-0.15, -0.1) is 0 Å². The zero-order valence-electron chi connectivity index (χ0n) is 19.0. The van der Waals surface area contributed by atoms with E-state index < -0.39 is 19.8 Å². The minimum absolute atomic E-state index is 0.00224. The van der Waals surface area contributed by atoms with Gasteiger partial charge in [-0.05, 0) is 17.7 Å². The normalized spacial score (nSPS) is 13.0. The van der Waals surface area contributed by atoms with E-state index in [1.54, 1.807) is 34.9 Å². The smallest absolute Gasteiger partial charge is 0.356 e. The summed E-state index contributed by atoms with van der Waals surface area (Å²) >= 11 is 3.39. The molecule has 0 saturated carbocycles. The van der Waals surface area contributed by atoms with Crippen LogP contribution in [0.3, 0.4) is 0 Å². The van der Waals surface area contributed by atoms with Crippen LogP contribution in [-0.2, 0) is 31.5 Å². The molecular weight excluding hydrogens is 553 g/mol. The first-order valence-electron chi connectivity index (χ1n) is 10.8. The quantitative estimate of drug-likeness (QED) is 0.146. The second kappa shape index (κ2) is 11.7. The van der Waals surface area contributed by atoms with Crippen molar-refractivity contribution in [3.8, 4) is 0 Å². The summed E-state index contributed by atoms with van der Waals surface area (Å²) in [6.07, 6.45) is 1.06. The van der Waals surface area contributed by atoms with Crippen molar-refractivity contribution in [1.29, 1.82) is 0 Å². The van der Waals surface area contributed by atoms with E-state index in [4.69, 9.17) is 19.5 Å². The molecule has 4 aromatic rings. The minimum atomic E-state index is -3.82. The van der Waals surface area contributed by atoms with Gasteiger partial charge < -0.3 is 19.6 Å². The fourth-order valence-corrected chi connectivity index (χ4v) is 4.93. The number of anilines is 1. The Hall–Kier alpha value is -3.15. The number of ether oxygens (including phenoxy) is 1. The average Bonchev–Trinajstić information content (AvgIpc) is 3.28. The van der Waals surface area contributed by atoms with Gasteiger partial charge in [0.15, 0.2) is 16.9 Å². The molecule has 36 heavy (non-hydrogen) atoms. The van der Waals surface area contributed by atoms with Crippen molar-refractivity contribution >= 4 is 46.4 Å². The first kappa shape index (κ1) is 25.9. The highest BCUT2D eigenvalue weighted by molar-refractivity contribution is 9.10. The molecule has 0 radical (unpaired) electrons. The maximum Gasteiger partial charge on any atom is 0.356 e. The maximum atomic E-state index is 13.4. The van der Waals surface area contributed by atoms with Gasteiger partial charge in [-0.3, -0.25) is 23.7 Å². The highest BCUT2D eigenvalue weighted by Gasteiger charge is 2.27. The van der Waals surface area contributed by atoms with Crippen LogP contribution in [0.4, 0.5) is 5.95 Å². The van der Waals surface area contributed by atoms with Crippen molar-refractivity contribution in [1.82, 2.24) is 19.5 Å². The van der Waals surface area contributed by atoms with E-state index in [1.165, 1.54) is 6.33 Å². The summed E-state index contributed by atoms with van der Waals surface area (Å²) in [5.74, 6) is -0.363. The van der Waals surface area contributed by atoms with Crippen molar-refractivity contribution in [3.63, 3.8) is 0 Å². The lowest BCUT2D eigenvalue weighted by Crippen LogP contribution is -2.14. The van der Waals surface area contributed by atoms with Gasteiger partial charge in [0.1, 0.15) is 13.0 Å². The number of nitrogens with one attached hydrogen (secondary N) is 1. The summed E-state index contributed by atoms with van der Waals surface area (Å²) in [7, 11) is -3.82. The monoisotopic (exact) mass is 575 g/mol. The molecule has 4 rings (SSSR count). The van der Waals surface area contributed by atoms with Crippen LogP contribution in [0.15, 0.2) is 70.2 Å². The third-order valence-corrected chi connectivity index (χ3v) is 7.06. The van der Waals surface area contributed by atoms with Gasteiger partial charge in [0.25, 0.3) is 5.56 Å². The molecule has 0 bridgehead atoms. The van der Waals surface area contributed by atoms with E-state index in [2.05, 4.69) is 30.9 Å². The standard InChI is InChI=1S/C23H23BrN5O6P/c24-18-8-4-5-16(11-18)12-34-36(32,35-13-19(30)17-6-2-1-3-7-17)15-33-10-9-29-14-26-20-21(29)27-23(25)28-22(20)31/h1-8,11,14H,9-10,12-13,15H2,(H3,25,27,28,31). The lowest BCUT2D eigenvalue weighted by Gasteiger charge is -2.19. The molecule has 188 valence electrons. The summed E-state index contributed by atoms with van der Waals surface area (Å²) in [6.45, 7) is -0.0972. The van der Waals surface area contributed by atoms with Crippen LogP contribution in [-0.4, -0.2) is 44.9 Å². The van der Waals surface area contributed by atoms with Crippen LogP contribution in [0, 0.1) is 0 Å². The molecule has 0 aliphatic carbocycles. The molecule has 2 aromatic heterocycles. The van der Waals surface area contributed by atoms with Crippen molar-refractivity contribution in [2.45, 2.75) is 13.2 Å². The maximum absolute atomic E-state index is 13.4. The number of imidazole rings is 1. The zero-order valence-corrected chi connectivity index (χ0v) is 21.5. The Morgan fingerprint density at radius 1 is 1.14 bits per heavy atom. The third kappa shape index (κ3) is 6.74. The fraction of sp³-hybridized carbons (Fsp3) is 0.217. The molecule has 13 heteroatoms. The Morgan fingerprint density at radius 3 is 2.72 bits per heavy atom. The molecule has 0 spiro atoms. The van der Waals surface area contributed by atoms with Gasteiger partial charge in [-0.2, -0.15) is 4.98 Å². The van der Waals surface area contributed by atoms with E-state index in [1.807, 2.05) is 24.3 Å². The molecule has 2 aromatic carbocycles. The largest absolute Gasteiger partial charge is 0.369 e. The summed E-state index contributed by atoms with van der Waals surface area (Å²) in [5, 5.41) is 0. The van der Waals surface area contributed by atoms with E-state index >= 15 is 0 Å². The predicted octanol–water partition coefficient (Wildman–Crippen LogP) is 3.75. The van der Waals surface area contributed by atoms with Crippen LogP contribution >= 0.6 is 23.5 Å². The van der Waals surface area contributed by atoms with Crippen LogP contribution in [0.5, 0.6) is 0 Å². The molecule has 0 aliphatic rings. The Morgan fingerprint density at radius 2 is 1.94 bits per heavy atom. The predicted molar refractivity (Wildman–Crippen MR) is 137 cm³/mol. The molecule has 0 fully saturated rings. The van der Waals surface area contributed by atoms with Gasteiger partial charge >= 0.3 is 7.60 Å². The lowest BCUT2D eigenvalue weighted by atomic mass is 10.1. The summed E-state index contributed by atoms with van der Waals surface area (Å²) in [6, 6.07) is 15.9. The van der Waals surface area contributed by atoms with Crippen LogP contribution < -0.4 is 11.3 Å². The lowest BCUT2D eigenvalue weighted by molar-refractivity contribution is 0.0855. The number of fused-ring (bicyclic) bond motifs is 1.